The maximum atomic E-state index is 12.9. The van der Waals surface area contributed by atoms with Crippen molar-refractivity contribution in [3.05, 3.63) is 58.0 Å². The van der Waals surface area contributed by atoms with Gasteiger partial charge < -0.3 is 10.6 Å². The molecule has 0 aliphatic rings. The predicted molar refractivity (Wildman–Crippen MR) is 108 cm³/mol. The second-order valence-electron chi connectivity index (χ2n) is 6.10. The molecule has 1 atom stereocenters. The smallest absolute Gasteiger partial charge is 0.262 e. The Hall–Kier alpha value is -2.52. The molecular weight excluding hydrogens is 387 g/mol. The van der Waals surface area contributed by atoms with Gasteiger partial charge in [-0.05, 0) is 47.3 Å². The third-order valence-electron chi connectivity index (χ3n) is 3.65. The normalized spacial score (nSPS) is 11.6. The number of amides is 2. The summed E-state index contributed by atoms with van der Waals surface area (Å²) < 4.78 is 12.9. The third kappa shape index (κ3) is 6.61. The van der Waals surface area contributed by atoms with E-state index in [1.807, 2.05) is 13.8 Å². The summed E-state index contributed by atoms with van der Waals surface area (Å²) >= 11 is 6.41. The lowest BCUT2D eigenvalue weighted by Crippen LogP contribution is -2.55. The first kappa shape index (κ1) is 20.8. The molecule has 144 valence electrons. The van der Waals surface area contributed by atoms with Crippen molar-refractivity contribution in [1.29, 1.82) is 0 Å². The van der Waals surface area contributed by atoms with Crippen molar-refractivity contribution in [2.24, 2.45) is 5.92 Å². The molecule has 0 unspecified atom stereocenters. The highest BCUT2D eigenvalue weighted by Crippen LogP contribution is 2.10. The van der Waals surface area contributed by atoms with Crippen LogP contribution in [-0.4, -0.2) is 23.0 Å². The van der Waals surface area contributed by atoms with E-state index in [-0.39, 0.29) is 22.8 Å². The number of hydrogen-bond acceptors (Lipinski definition) is 4. The van der Waals surface area contributed by atoms with E-state index in [1.165, 1.54) is 23.5 Å². The van der Waals surface area contributed by atoms with E-state index in [2.05, 4.69) is 21.5 Å². The minimum absolute atomic E-state index is 0.114. The third-order valence-corrected chi connectivity index (χ3v) is 4.76. The largest absolute Gasteiger partial charge is 0.357 e. The fourth-order valence-electron chi connectivity index (χ4n) is 2.18. The summed E-state index contributed by atoms with van der Waals surface area (Å²) in [5.74, 6) is -1.12. The van der Waals surface area contributed by atoms with Gasteiger partial charge in [0.1, 0.15) is 11.9 Å². The van der Waals surface area contributed by atoms with Crippen LogP contribution < -0.4 is 21.5 Å². The highest BCUT2D eigenvalue weighted by Gasteiger charge is 2.25. The molecule has 0 radical (unpaired) electrons. The molecule has 1 heterocycles. The number of rotatable bonds is 6. The molecule has 0 aliphatic carbocycles. The molecule has 2 rings (SSSR count). The van der Waals surface area contributed by atoms with Gasteiger partial charge in [0.05, 0.1) is 4.88 Å². The summed E-state index contributed by atoms with van der Waals surface area (Å²) in [6.45, 7) is 4.05. The topological polar surface area (TPSA) is 82.3 Å². The van der Waals surface area contributed by atoms with Crippen LogP contribution in [0.2, 0.25) is 0 Å². The maximum absolute atomic E-state index is 12.9. The Morgan fingerprint density at radius 2 is 1.85 bits per heavy atom. The second-order valence-corrected chi connectivity index (χ2v) is 7.45. The molecule has 0 spiro atoms. The van der Waals surface area contributed by atoms with Crippen LogP contribution in [0.1, 0.15) is 29.1 Å². The zero-order chi connectivity index (χ0) is 19.8. The molecule has 2 amide bonds. The molecule has 9 heteroatoms. The molecule has 0 aliphatic heterocycles. The molecule has 27 heavy (non-hydrogen) atoms. The Morgan fingerprint density at radius 3 is 2.44 bits per heavy atom. The summed E-state index contributed by atoms with van der Waals surface area (Å²) in [5.41, 5.74) is 5.94. The highest BCUT2D eigenvalue weighted by molar-refractivity contribution is 7.80. The number of carbonyl (C=O) groups excluding carboxylic acids is 2. The zero-order valence-electron chi connectivity index (χ0n) is 14.9. The first-order valence-electron chi connectivity index (χ1n) is 8.29. The molecule has 1 aromatic carbocycles. The molecule has 0 bridgehead atoms. The van der Waals surface area contributed by atoms with Crippen molar-refractivity contribution >= 4 is 40.5 Å². The van der Waals surface area contributed by atoms with Gasteiger partial charge in [-0.25, -0.2) is 4.39 Å². The van der Waals surface area contributed by atoms with Gasteiger partial charge in [0.25, 0.3) is 11.8 Å². The molecule has 6 nitrogen and oxygen atoms in total. The van der Waals surface area contributed by atoms with Gasteiger partial charge in [-0.1, -0.05) is 32.0 Å². The summed E-state index contributed by atoms with van der Waals surface area (Å²) in [5, 5.41) is 7.63. The van der Waals surface area contributed by atoms with E-state index in [1.54, 1.807) is 29.6 Å². The quantitative estimate of drug-likeness (QED) is 0.436. The number of thiocarbonyl (C=S) groups is 1. The number of nitrogens with one attached hydrogen (secondary N) is 4. The lowest BCUT2D eigenvalue weighted by molar-refractivity contribution is -0.124. The van der Waals surface area contributed by atoms with E-state index in [4.69, 9.17) is 12.2 Å². The highest BCUT2D eigenvalue weighted by atomic mass is 32.1. The SMILES string of the molecule is CC(C)[C@@H](NC(=O)c1cccs1)C(=O)NNC(=S)NCc1ccc(F)cc1. The number of hydrogen-bond donors (Lipinski definition) is 4. The van der Waals surface area contributed by atoms with Crippen LogP contribution in [0.15, 0.2) is 41.8 Å². The van der Waals surface area contributed by atoms with Crippen LogP contribution in [0.3, 0.4) is 0 Å². The van der Waals surface area contributed by atoms with E-state index in [0.29, 0.717) is 11.4 Å². The van der Waals surface area contributed by atoms with Crippen molar-refractivity contribution in [1.82, 2.24) is 21.5 Å². The summed E-state index contributed by atoms with van der Waals surface area (Å²) in [6.07, 6.45) is 0. The first-order valence-corrected chi connectivity index (χ1v) is 9.58. The number of carbonyl (C=O) groups is 2. The van der Waals surface area contributed by atoms with Gasteiger partial charge in [-0.15, -0.1) is 11.3 Å². The first-order chi connectivity index (χ1) is 12.9. The predicted octanol–water partition coefficient (Wildman–Crippen LogP) is 2.34. The van der Waals surface area contributed by atoms with Crippen molar-refractivity contribution in [2.45, 2.75) is 26.4 Å². The number of halogens is 1. The van der Waals surface area contributed by atoms with Crippen LogP contribution >= 0.6 is 23.6 Å². The monoisotopic (exact) mass is 408 g/mol. The molecule has 4 N–H and O–H groups in total. The number of hydrazine groups is 1. The maximum Gasteiger partial charge on any atom is 0.262 e. The molecule has 1 aromatic heterocycles. The molecular formula is C18H21FN4O2S2. The fraction of sp³-hybridized carbons (Fsp3) is 0.278. The molecule has 0 saturated heterocycles. The zero-order valence-corrected chi connectivity index (χ0v) is 16.5. The van der Waals surface area contributed by atoms with Gasteiger partial charge in [0.15, 0.2) is 5.11 Å². The van der Waals surface area contributed by atoms with Gasteiger partial charge >= 0.3 is 0 Å². The lowest BCUT2D eigenvalue weighted by atomic mass is 10.0. The van der Waals surface area contributed by atoms with Crippen molar-refractivity contribution < 1.29 is 14.0 Å². The average Bonchev–Trinajstić information content (AvgIpc) is 3.18. The Kier molecular flexibility index (Phi) is 7.68. The standard InChI is InChI=1S/C18H21FN4O2S2/c1-11(2)15(21-16(24)14-4-3-9-27-14)17(25)22-23-18(26)20-10-12-5-7-13(19)8-6-12/h3-9,11,15H,10H2,1-2H3,(H,21,24)(H,22,25)(H2,20,23,26)/t15-/m1/s1. The van der Waals surface area contributed by atoms with Crippen LogP contribution in [-0.2, 0) is 11.3 Å². The minimum Gasteiger partial charge on any atom is -0.357 e. The van der Waals surface area contributed by atoms with E-state index in [9.17, 15) is 14.0 Å². The fourth-order valence-corrected chi connectivity index (χ4v) is 2.93. The summed E-state index contributed by atoms with van der Waals surface area (Å²) in [6, 6.07) is 8.75. The Morgan fingerprint density at radius 1 is 1.15 bits per heavy atom. The Labute approximate surface area is 166 Å². The minimum atomic E-state index is -0.716. The van der Waals surface area contributed by atoms with Crippen LogP contribution in [0, 0.1) is 11.7 Å². The lowest BCUT2D eigenvalue weighted by Gasteiger charge is -2.22. The molecule has 0 fully saturated rings. The van der Waals surface area contributed by atoms with Gasteiger partial charge in [-0.3, -0.25) is 20.4 Å². The van der Waals surface area contributed by atoms with E-state index in [0.717, 1.165) is 5.56 Å². The van der Waals surface area contributed by atoms with Crippen molar-refractivity contribution in [3.63, 3.8) is 0 Å². The van der Waals surface area contributed by atoms with Gasteiger partial charge in [0.2, 0.25) is 0 Å². The second kappa shape index (κ2) is 9.98. The van der Waals surface area contributed by atoms with Crippen LogP contribution in [0.5, 0.6) is 0 Å². The Balaban J connectivity index is 1.81. The van der Waals surface area contributed by atoms with Gasteiger partial charge in [-0.2, -0.15) is 0 Å². The molecule has 2 aromatic rings. The van der Waals surface area contributed by atoms with E-state index < -0.39 is 11.9 Å². The van der Waals surface area contributed by atoms with Gasteiger partial charge in [0, 0.05) is 6.54 Å². The van der Waals surface area contributed by atoms with E-state index >= 15 is 0 Å². The van der Waals surface area contributed by atoms with Crippen molar-refractivity contribution in [2.75, 3.05) is 0 Å². The average molecular weight is 409 g/mol. The molecule has 0 saturated carbocycles. The number of thiophene rings is 1. The van der Waals surface area contributed by atoms with Crippen molar-refractivity contribution in [3.8, 4) is 0 Å². The van der Waals surface area contributed by atoms with Crippen LogP contribution in [0.25, 0.3) is 0 Å². The summed E-state index contributed by atoms with van der Waals surface area (Å²) in [4.78, 5) is 25.1. The Bertz CT molecular complexity index is 779. The summed E-state index contributed by atoms with van der Waals surface area (Å²) in [7, 11) is 0. The van der Waals surface area contributed by atoms with Crippen LogP contribution in [0.4, 0.5) is 4.39 Å². The number of benzene rings is 1.